The van der Waals surface area contributed by atoms with Crippen LogP contribution >= 0.6 is 11.8 Å². The van der Waals surface area contributed by atoms with Crippen LogP contribution in [0.4, 0.5) is 5.69 Å². The number of carbonyl (C=O) groups excluding carboxylic acids is 1. The van der Waals surface area contributed by atoms with Gasteiger partial charge in [-0.1, -0.05) is 50.7 Å². The van der Waals surface area contributed by atoms with Crippen molar-refractivity contribution in [1.82, 2.24) is 14.8 Å². The molecule has 0 saturated heterocycles. The van der Waals surface area contributed by atoms with Crippen molar-refractivity contribution >= 4 is 23.4 Å². The summed E-state index contributed by atoms with van der Waals surface area (Å²) in [5, 5.41) is 12.2. The fraction of sp³-hybridized carbons (Fsp3) is 0.292. The lowest BCUT2D eigenvalue weighted by Crippen LogP contribution is -2.15. The molecule has 3 rings (SSSR count). The molecule has 0 radical (unpaired) electrons. The quantitative estimate of drug-likeness (QED) is 0.390. The van der Waals surface area contributed by atoms with Crippen LogP contribution in [0.25, 0.3) is 11.4 Å². The van der Waals surface area contributed by atoms with Crippen LogP contribution in [-0.4, -0.2) is 33.5 Å². The molecular formula is C24H28N4O2S. The minimum absolute atomic E-state index is 0.0786. The summed E-state index contributed by atoms with van der Waals surface area (Å²) in [5.41, 5.74) is 3.01. The van der Waals surface area contributed by atoms with Gasteiger partial charge < -0.3 is 10.1 Å². The lowest BCUT2D eigenvalue weighted by atomic mass is 9.87. The summed E-state index contributed by atoms with van der Waals surface area (Å²) in [5.74, 6) is 1.65. The molecule has 1 N–H and O–H groups in total. The molecule has 0 spiro atoms. The van der Waals surface area contributed by atoms with E-state index in [9.17, 15) is 4.79 Å². The summed E-state index contributed by atoms with van der Waals surface area (Å²) < 4.78 is 7.17. The van der Waals surface area contributed by atoms with E-state index < -0.39 is 0 Å². The van der Waals surface area contributed by atoms with E-state index in [1.54, 1.807) is 13.2 Å². The summed E-state index contributed by atoms with van der Waals surface area (Å²) in [6.45, 7) is 10.9. The Hall–Kier alpha value is -3.06. The molecule has 0 aliphatic carbocycles. The van der Waals surface area contributed by atoms with E-state index in [0.717, 1.165) is 22.8 Å². The SMILES string of the molecule is C=CCn1c(SCC(=O)Nc2ccc(C(C)(C)C)cc2)nnc1-c1ccc(OC)cc1. The first-order valence-corrected chi connectivity index (χ1v) is 11.0. The third kappa shape index (κ3) is 5.76. The maximum Gasteiger partial charge on any atom is 0.234 e. The highest BCUT2D eigenvalue weighted by Crippen LogP contribution is 2.26. The Kier molecular flexibility index (Phi) is 7.17. The number of hydrogen-bond donors (Lipinski definition) is 1. The van der Waals surface area contributed by atoms with Crippen molar-refractivity contribution in [3.05, 3.63) is 66.7 Å². The van der Waals surface area contributed by atoms with Crippen LogP contribution in [0.15, 0.2) is 66.3 Å². The number of anilines is 1. The molecule has 2 aromatic carbocycles. The maximum atomic E-state index is 12.5. The number of hydrogen-bond acceptors (Lipinski definition) is 5. The average Bonchev–Trinajstić information content (AvgIpc) is 3.15. The molecule has 0 unspecified atom stereocenters. The zero-order valence-corrected chi connectivity index (χ0v) is 19.2. The molecule has 0 bridgehead atoms. The lowest BCUT2D eigenvalue weighted by molar-refractivity contribution is -0.113. The number of rotatable bonds is 8. The topological polar surface area (TPSA) is 69.0 Å². The van der Waals surface area contributed by atoms with Crippen LogP contribution in [0.3, 0.4) is 0 Å². The molecule has 0 atom stereocenters. The zero-order valence-electron chi connectivity index (χ0n) is 18.4. The first-order chi connectivity index (χ1) is 14.8. The predicted molar refractivity (Wildman–Crippen MR) is 127 cm³/mol. The smallest absolute Gasteiger partial charge is 0.234 e. The summed E-state index contributed by atoms with van der Waals surface area (Å²) in [6, 6.07) is 15.6. The van der Waals surface area contributed by atoms with E-state index in [1.807, 2.05) is 53.1 Å². The van der Waals surface area contributed by atoms with Gasteiger partial charge in [0.05, 0.1) is 12.9 Å². The first-order valence-electron chi connectivity index (χ1n) is 10.0. The fourth-order valence-corrected chi connectivity index (χ4v) is 3.77. The molecule has 1 heterocycles. The van der Waals surface area contributed by atoms with Gasteiger partial charge in [0.2, 0.25) is 5.91 Å². The molecule has 7 heteroatoms. The van der Waals surface area contributed by atoms with Crippen LogP contribution < -0.4 is 10.1 Å². The van der Waals surface area contributed by atoms with Gasteiger partial charge in [-0.3, -0.25) is 9.36 Å². The van der Waals surface area contributed by atoms with Gasteiger partial charge in [-0.25, -0.2) is 0 Å². The average molecular weight is 437 g/mol. The number of allylic oxidation sites excluding steroid dienone is 1. The van der Waals surface area contributed by atoms with Crippen molar-refractivity contribution < 1.29 is 9.53 Å². The van der Waals surface area contributed by atoms with Gasteiger partial charge >= 0.3 is 0 Å². The molecule has 31 heavy (non-hydrogen) atoms. The van der Waals surface area contributed by atoms with Crippen LogP contribution in [0.1, 0.15) is 26.3 Å². The largest absolute Gasteiger partial charge is 0.497 e. The molecule has 162 valence electrons. The Balaban J connectivity index is 1.67. The highest BCUT2D eigenvalue weighted by molar-refractivity contribution is 7.99. The van der Waals surface area contributed by atoms with Crippen molar-refractivity contribution in [3.8, 4) is 17.1 Å². The van der Waals surface area contributed by atoms with Gasteiger partial charge in [-0.15, -0.1) is 16.8 Å². The van der Waals surface area contributed by atoms with Gasteiger partial charge in [0.25, 0.3) is 0 Å². The monoisotopic (exact) mass is 436 g/mol. The summed E-state index contributed by atoms with van der Waals surface area (Å²) in [4.78, 5) is 12.5. The van der Waals surface area contributed by atoms with Crippen molar-refractivity contribution in [1.29, 1.82) is 0 Å². The summed E-state index contributed by atoms with van der Waals surface area (Å²) in [6.07, 6.45) is 1.79. The molecule has 6 nitrogen and oxygen atoms in total. The third-order valence-corrected chi connectivity index (χ3v) is 5.71. The number of carbonyl (C=O) groups is 1. The Bertz CT molecular complexity index is 1030. The summed E-state index contributed by atoms with van der Waals surface area (Å²) in [7, 11) is 1.63. The predicted octanol–water partition coefficient (Wildman–Crippen LogP) is 5.17. The third-order valence-electron chi connectivity index (χ3n) is 4.74. The van der Waals surface area contributed by atoms with Gasteiger partial charge in [0.1, 0.15) is 5.75 Å². The number of ether oxygens (including phenoxy) is 1. The second kappa shape index (κ2) is 9.83. The number of amides is 1. The van der Waals surface area contributed by atoms with Gasteiger partial charge in [0.15, 0.2) is 11.0 Å². The standard InChI is InChI=1S/C24H28N4O2S/c1-6-15-28-22(17-7-13-20(30-5)14-8-17)26-27-23(28)31-16-21(29)25-19-11-9-18(10-12-19)24(2,3)4/h6-14H,1,15-16H2,2-5H3,(H,25,29). The highest BCUT2D eigenvalue weighted by atomic mass is 32.2. The minimum atomic E-state index is -0.0901. The zero-order chi connectivity index (χ0) is 22.4. The Morgan fingerprint density at radius 2 is 1.81 bits per heavy atom. The van der Waals surface area contributed by atoms with E-state index in [2.05, 4.69) is 42.9 Å². The Labute approximate surface area is 187 Å². The van der Waals surface area contributed by atoms with Crippen LogP contribution in [0.2, 0.25) is 0 Å². The van der Waals surface area contributed by atoms with E-state index >= 15 is 0 Å². The first kappa shape index (κ1) is 22.6. The normalized spacial score (nSPS) is 11.2. The molecular weight excluding hydrogens is 408 g/mol. The van der Waals surface area contributed by atoms with Gasteiger partial charge in [-0.05, 0) is 47.4 Å². The molecule has 0 aliphatic rings. The molecule has 3 aromatic rings. The lowest BCUT2D eigenvalue weighted by Gasteiger charge is -2.19. The number of benzene rings is 2. The second-order valence-corrected chi connectivity index (χ2v) is 9.04. The van der Waals surface area contributed by atoms with Crippen LogP contribution in [0, 0.1) is 0 Å². The molecule has 0 fully saturated rings. The van der Waals surface area contributed by atoms with Crippen LogP contribution in [0.5, 0.6) is 5.75 Å². The van der Waals surface area contributed by atoms with Crippen LogP contribution in [-0.2, 0) is 16.8 Å². The molecule has 1 amide bonds. The number of nitrogens with one attached hydrogen (secondary N) is 1. The maximum absolute atomic E-state index is 12.5. The highest BCUT2D eigenvalue weighted by Gasteiger charge is 2.16. The summed E-state index contributed by atoms with van der Waals surface area (Å²) >= 11 is 1.35. The van der Waals surface area contributed by atoms with E-state index in [4.69, 9.17) is 4.74 Å². The Morgan fingerprint density at radius 1 is 1.13 bits per heavy atom. The van der Waals surface area contributed by atoms with E-state index in [1.165, 1.54) is 17.3 Å². The van der Waals surface area contributed by atoms with Crippen molar-refractivity contribution in [3.63, 3.8) is 0 Å². The molecule has 1 aromatic heterocycles. The fourth-order valence-electron chi connectivity index (χ4n) is 3.02. The number of methoxy groups -OCH3 is 1. The molecule has 0 saturated carbocycles. The number of thioether (sulfide) groups is 1. The number of aromatic nitrogens is 3. The van der Waals surface area contributed by atoms with Gasteiger partial charge in [-0.2, -0.15) is 0 Å². The van der Waals surface area contributed by atoms with Crippen molar-refractivity contribution in [2.75, 3.05) is 18.2 Å². The van der Waals surface area contributed by atoms with Gasteiger partial charge in [0, 0.05) is 17.8 Å². The minimum Gasteiger partial charge on any atom is -0.497 e. The second-order valence-electron chi connectivity index (χ2n) is 8.10. The van der Waals surface area contributed by atoms with Crippen molar-refractivity contribution in [2.45, 2.75) is 37.9 Å². The van der Waals surface area contributed by atoms with Crippen molar-refractivity contribution in [2.24, 2.45) is 0 Å². The van der Waals surface area contributed by atoms with E-state index in [0.29, 0.717) is 11.7 Å². The van der Waals surface area contributed by atoms with E-state index in [-0.39, 0.29) is 17.1 Å². The molecule has 0 aliphatic heterocycles. The number of nitrogens with zero attached hydrogens (tertiary/aromatic N) is 3. The Morgan fingerprint density at radius 3 is 2.39 bits per heavy atom.